The summed E-state index contributed by atoms with van der Waals surface area (Å²) in [5.41, 5.74) is 1.36. The standard InChI is InChI=1S/C22H20O7/c1-10(2)5-17-20-21(25)19-14(24)6-11(26-3)7-18(19)29-22(20)12-8-13(23)16(27-4)9-15(12)28-17/h5-9,17,23-24H,1-4H3/t17-/m0/s1. The summed E-state index contributed by atoms with van der Waals surface area (Å²) in [6, 6.07) is 5.87. The second kappa shape index (κ2) is 6.77. The summed E-state index contributed by atoms with van der Waals surface area (Å²) in [7, 11) is 2.89. The van der Waals surface area contributed by atoms with Gasteiger partial charge in [-0.05, 0) is 26.0 Å². The highest BCUT2D eigenvalue weighted by molar-refractivity contribution is 5.89. The zero-order chi connectivity index (χ0) is 20.9. The Kier molecular flexibility index (Phi) is 4.38. The molecule has 2 aromatic carbocycles. The number of phenols is 2. The molecule has 150 valence electrons. The molecule has 1 atom stereocenters. The van der Waals surface area contributed by atoms with Crippen LogP contribution in [0.4, 0.5) is 0 Å². The van der Waals surface area contributed by atoms with E-state index in [2.05, 4.69) is 0 Å². The van der Waals surface area contributed by atoms with E-state index in [1.165, 1.54) is 32.4 Å². The Labute approximate surface area is 166 Å². The first kappa shape index (κ1) is 18.7. The quantitative estimate of drug-likeness (QED) is 0.637. The monoisotopic (exact) mass is 396 g/mol. The largest absolute Gasteiger partial charge is 0.507 e. The first-order valence-electron chi connectivity index (χ1n) is 8.94. The molecule has 0 amide bonds. The number of allylic oxidation sites excluding steroid dienone is 1. The molecule has 4 rings (SSSR count). The normalized spacial score (nSPS) is 14.6. The van der Waals surface area contributed by atoms with Crippen LogP contribution in [0.2, 0.25) is 0 Å². The van der Waals surface area contributed by atoms with E-state index in [9.17, 15) is 15.0 Å². The maximum Gasteiger partial charge on any atom is 0.204 e. The zero-order valence-corrected chi connectivity index (χ0v) is 16.4. The Bertz CT molecular complexity index is 1220. The number of rotatable bonds is 3. The lowest BCUT2D eigenvalue weighted by Crippen LogP contribution is -2.22. The van der Waals surface area contributed by atoms with Crippen LogP contribution >= 0.6 is 0 Å². The molecule has 0 radical (unpaired) electrons. The molecule has 7 heteroatoms. The molecule has 0 aliphatic carbocycles. The second-order valence-electron chi connectivity index (χ2n) is 7.00. The van der Waals surface area contributed by atoms with Gasteiger partial charge in [0, 0.05) is 18.2 Å². The van der Waals surface area contributed by atoms with Crippen molar-refractivity contribution in [3.8, 4) is 40.1 Å². The van der Waals surface area contributed by atoms with Crippen molar-refractivity contribution in [1.29, 1.82) is 0 Å². The van der Waals surface area contributed by atoms with Crippen molar-refractivity contribution in [2.24, 2.45) is 0 Å². The average Bonchev–Trinajstić information content (AvgIpc) is 2.67. The molecule has 2 heterocycles. The Morgan fingerprint density at radius 3 is 2.48 bits per heavy atom. The number of aromatic hydroxyl groups is 2. The van der Waals surface area contributed by atoms with Crippen LogP contribution in [0.1, 0.15) is 25.5 Å². The molecule has 1 aliphatic heterocycles. The third kappa shape index (κ3) is 2.95. The molecule has 0 saturated carbocycles. The fraction of sp³-hybridized carbons (Fsp3) is 0.227. The summed E-state index contributed by atoms with van der Waals surface area (Å²) in [5.74, 6) is 0.906. The Morgan fingerprint density at radius 2 is 1.83 bits per heavy atom. The van der Waals surface area contributed by atoms with E-state index in [0.717, 1.165) is 5.57 Å². The van der Waals surface area contributed by atoms with Crippen molar-refractivity contribution >= 4 is 11.0 Å². The summed E-state index contributed by atoms with van der Waals surface area (Å²) >= 11 is 0. The molecule has 0 unspecified atom stereocenters. The molecular weight excluding hydrogens is 376 g/mol. The fourth-order valence-electron chi connectivity index (χ4n) is 3.47. The van der Waals surface area contributed by atoms with Crippen LogP contribution in [0.3, 0.4) is 0 Å². The van der Waals surface area contributed by atoms with Crippen LogP contribution in [0.25, 0.3) is 22.3 Å². The SMILES string of the molecule is COc1cc(O)c2c(=O)c3c(oc2c1)-c1cc(O)c(OC)cc1O[C@H]3C=C(C)C. The molecule has 0 fully saturated rings. The molecule has 0 saturated heterocycles. The number of phenolic OH excluding ortho intramolecular Hbond substituents is 2. The van der Waals surface area contributed by atoms with Gasteiger partial charge in [0.15, 0.2) is 11.5 Å². The molecule has 2 N–H and O–H groups in total. The number of ether oxygens (including phenoxy) is 3. The van der Waals surface area contributed by atoms with E-state index in [-0.39, 0.29) is 39.5 Å². The van der Waals surface area contributed by atoms with Gasteiger partial charge in [-0.1, -0.05) is 5.57 Å². The van der Waals surface area contributed by atoms with Crippen molar-refractivity contribution in [2.45, 2.75) is 20.0 Å². The van der Waals surface area contributed by atoms with Gasteiger partial charge < -0.3 is 28.8 Å². The van der Waals surface area contributed by atoms with Gasteiger partial charge in [0.2, 0.25) is 5.43 Å². The first-order chi connectivity index (χ1) is 13.8. The Balaban J connectivity index is 2.12. The highest BCUT2D eigenvalue weighted by Gasteiger charge is 2.33. The molecule has 0 spiro atoms. The van der Waals surface area contributed by atoms with Gasteiger partial charge >= 0.3 is 0 Å². The highest BCUT2D eigenvalue weighted by atomic mass is 16.5. The summed E-state index contributed by atoms with van der Waals surface area (Å²) in [6.45, 7) is 3.78. The van der Waals surface area contributed by atoms with Gasteiger partial charge in [-0.15, -0.1) is 0 Å². The van der Waals surface area contributed by atoms with Gasteiger partial charge in [-0.2, -0.15) is 0 Å². The van der Waals surface area contributed by atoms with Crippen LogP contribution < -0.4 is 19.6 Å². The van der Waals surface area contributed by atoms with Gasteiger partial charge in [0.05, 0.1) is 25.3 Å². The highest BCUT2D eigenvalue weighted by Crippen LogP contribution is 2.48. The minimum absolute atomic E-state index is 0.0430. The van der Waals surface area contributed by atoms with E-state index >= 15 is 0 Å². The lowest BCUT2D eigenvalue weighted by atomic mass is 9.95. The van der Waals surface area contributed by atoms with E-state index in [1.807, 2.05) is 13.8 Å². The predicted molar refractivity (Wildman–Crippen MR) is 107 cm³/mol. The summed E-state index contributed by atoms with van der Waals surface area (Å²) in [4.78, 5) is 13.3. The number of methoxy groups -OCH3 is 2. The minimum atomic E-state index is -0.723. The zero-order valence-electron chi connectivity index (χ0n) is 16.4. The summed E-state index contributed by atoms with van der Waals surface area (Å²) < 4.78 is 22.4. The van der Waals surface area contributed by atoms with E-state index in [4.69, 9.17) is 18.6 Å². The van der Waals surface area contributed by atoms with E-state index in [0.29, 0.717) is 17.1 Å². The predicted octanol–water partition coefficient (Wildman–Crippen LogP) is 4.29. The van der Waals surface area contributed by atoms with Crippen LogP contribution in [0, 0.1) is 0 Å². The van der Waals surface area contributed by atoms with Gasteiger partial charge in [0.25, 0.3) is 0 Å². The van der Waals surface area contributed by atoms with Gasteiger partial charge in [0.1, 0.15) is 40.1 Å². The minimum Gasteiger partial charge on any atom is -0.507 e. The molecule has 1 aromatic heterocycles. The maximum absolute atomic E-state index is 13.3. The summed E-state index contributed by atoms with van der Waals surface area (Å²) in [5, 5.41) is 20.7. The number of benzene rings is 2. The molecule has 7 nitrogen and oxygen atoms in total. The lowest BCUT2D eigenvalue weighted by molar-refractivity contribution is 0.242. The number of hydrogen-bond acceptors (Lipinski definition) is 7. The van der Waals surface area contributed by atoms with Crippen LogP contribution in [-0.4, -0.2) is 24.4 Å². The smallest absolute Gasteiger partial charge is 0.204 e. The number of fused-ring (bicyclic) bond motifs is 4. The molecular formula is C22H20O7. The topological polar surface area (TPSA) is 98.4 Å². The third-order valence-electron chi connectivity index (χ3n) is 4.77. The molecule has 29 heavy (non-hydrogen) atoms. The van der Waals surface area contributed by atoms with Crippen LogP contribution in [0.5, 0.6) is 28.7 Å². The number of hydrogen-bond donors (Lipinski definition) is 2. The Hall–Kier alpha value is -3.61. The molecule has 3 aromatic rings. The third-order valence-corrected chi connectivity index (χ3v) is 4.77. The van der Waals surface area contributed by atoms with Crippen LogP contribution in [-0.2, 0) is 0 Å². The second-order valence-corrected chi connectivity index (χ2v) is 7.00. The van der Waals surface area contributed by atoms with Gasteiger partial charge in [-0.25, -0.2) is 0 Å². The van der Waals surface area contributed by atoms with Crippen molar-refractivity contribution in [3.05, 3.63) is 51.7 Å². The van der Waals surface area contributed by atoms with Crippen molar-refractivity contribution in [1.82, 2.24) is 0 Å². The molecule has 0 bridgehead atoms. The van der Waals surface area contributed by atoms with Crippen molar-refractivity contribution in [3.63, 3.8) is 0 Å². The van der Waals surface area contributed by atoms with Crippen molar-refractivity contribution in [2.75, 3.05) is 14.2 Å². The van der Waals surface area contributed by atoms with E-state index in [1.54, 1.807) is 12.1 Å². The van der Waals surface area contributed by atoms with Crippen LogP contribution in [0.15, 0.2) is 45.1 Å². The molecule has 1 aliphatic rings. The summed E-state index contributed by atoms with van der Waals surface area (Å²) in [6.07, 6.45) is 1.07. The lowest BCUT2D eigenvalue weighted by Gasteiger charge is -2.26. The maximum atomic E-state index is 13.3. The van der Waals surface area contributed by atoms with Gasteiger partial charge in [-0.3, -0.25) is 4.79 Å². The van der Waals surface area contributed by atoms with E-state index < -0.39 is 11.5 Å². The fourth-order valence-corrected chi connectivity index (χ4v) is 3.47. The van der Waals surface area contributed by atoms with Crippen molar-refractivity contribution < 1.29 is 28.8 Å². The average molecular weight is 396 g/mol. The Morgan fingerprint density at radius 1 is 1.07 bits per heavy atom. The first-order valence-corrected chi connectivity index (χ1v) is 8.94.